The van der Waals surface area contributed by atoms with Gasteiger partial charge in [0, 0.05) is 10.6 Å². The molecular weight excluding hydrogens is 272 g/mol. The first-order chi connectivity index (χ1) is 8.80. The third-order valence-corrected chi connectivity index (χ3v) is 3.06. The van der Waals surface area contributed by atoms with Crippen molar-refractivity contribution in [2.24, 2.45) is 0 Å². The number of halogens is 3. The molecule has 5 heteroatoms. The van der Waals surface area contributed by atoms with E-state index in [1.165, 1.54) is 0 Å². The van der Waals surface area contributed by atoms with Crippen molar-refractivity contribution >= 4 is 17.5 Å². The van der Waals surface area contributed by atoms with Crippen LogP contribution < -0.4 is 0 Å². The highest BCUT2D eigenvalue weighted by Gasteiger charge is 2.46. The molecule has 1 aliphatic rings. The van der Waals surface area contributed by atoms with Crippen molar-refractivity contribution in [3.8, 4) is 0 Å². The number of hydrogen-bond acceptors (Lipinski definition) is 1. The fraction of sp³-hybridized carbons (Fsp3) is 0.500. The van der Waals surface area contributed by atoms with Crippen molar-refractivity contribution in [1.29, 1.82) is 0 Å². The van der Waals surface area contributed by atoms with Crippen molar-refractivity contribution in [2.45, 2.75) is 33.6 Å². The number of carbonyl (C=O) groups excluding carboxylic acids is 1. The Bertz CT molecular complexity index is 457. The highest BCUT2D eigenvalue weighted by molar-refractivity contribution is 6.30. The standard InChI is InChI=1S/C12H12ClF2NO.C2H6/c1-7-3-9(13)4-8(2)10(7)11(17)16-5-12(14,15)6-16;1-2/h3-4H,5-6H2,1-2H3;1-2H3. The summed E-state index contributed by atoms with van der Waals surface area (Å²) in [6.45, 7) is 6.52. The third kappa shape index (κ3) is 3.44. The molecule has 2 rings (SSSR count). The fourth-order valence-electron chi connectivity index (χ4n) is 2.06. The molecule has 1 fully saturated rings. The summed E-state index contributed by atoms with van der Waals surface area (Å²) in [5, 5.41) is 0.547. The smallest absolute Gasteiger partial charge is 0.282 e. The maximum atomic E-state index is 12.7. The molecule has 0 unspecified atom stereocenters. The zero-order valence-electron chi connectivity index (χ0n) is 11.6. The van der Waals surface area contributed by atoms with Gasteiger partial charge in [-0.1, -0.05) is 25.4 Å². The molecule has 0 bridgehead atoms. The first kappa shape index (κ1) is 15.9. The Balaban J connectivity index is 0.000000861. The lowest BCUT2D eigenvalue weighted by Crippen LogP contribution is -2.58. The summed E-state index contributed by atoms with van der Waals surface area (Å²) in [7, 11) is 0. The van der Waals surface area contributed by atoms with Crippen LogP contribution in [0.1, 0.15) is 35.3 Å². The van der Waals surface area contributed by atoms with Crippen molar-refractivity contribution in [2.75, 3.05) is 13.1 Å². The van der Waals surface area contributed by atoms with E-state index in [2.05, 4.69) is 0 Å². The molecule has 2 nitrogen and oxygen atoms in total. The highest BCUT2D eigenvalue weighted by Crippen LogP contribution is 2.30. The number of hydrogen-bond donors (Lipinski definition) is 0. The molecule has 0 spiro atoms. The Kier molecular flexibility index (Phi) is 4.91. The zero-order chi connectivity index (χ0) is 14.8. The Hall–Kier alpha value is -1.16. The van der Waals surface area contributed by atoms with Gasteiger partial charge in [-0.05, 0) is 37.1 Å². The van der Waals surface area contributed by atoms with Gasteiger partial charge in [0.2, 0.25) is 0 Å². The molecule has 1 amide bonds. The van der Waals surface area contributed by atoms with E-state index in [1.807, 2.05) is 13.8 Å². The molecule has 0 aliphatic carbocycles. The first-order valence-corrected chi connectivity index (χ1v) is 6.62. The quantitative estimate of drug-likeness (QED) is 0.763. The average Bonchev–Trinajstić information content (AvgIpc) is 2.26. The number of rotatable bonds is 1. The van der Waals surface area contributed by atoms with Crippen LogP contribution >= 0.6 is 11.6 Å². The normalized spacial score (nSPS) is 16.3. The number of benzene rings is 1. The van der Waals surface area contributed by atoms with Crippen molar-refractivity contribution < 1.29 is 13.6 Å². The molecule has 1 aromatic carbocycles. The summed E-state index contributed by atoms with van der Waals surface area (Å²) >= 11 is 5.85. The van der Waals surface area contributed by atoms with Crippen LogP contribution in [0.15, 0.2) is 12.1 Å². The lowest BCUT2D eigenvalue weighted by Gasteiger charge is -2.39. The van der Waals surface area contributed by atoms with Crippen LogP contribution in [0.25, 0.3) is 0 Å². The molecule has 0 atom stereocenters. The number of aryl methyl sites for hydroxylation is 2. The van der Waals surface area contributed by atoms with E-state index in [-0.39, 0.29) is 5.91 Å². The van der Waals surface area contributed by atoms with E-state index in [1.54, 1.807) is 26.0 Å². The largest absolute Gasteiger partial charge is 0.326 e. The summed E-state index contributed by atoms with van der Waals surface area (Å²) in [6.07, 6.45) is 0. The van der Waals surface area contributed by atoms with Crippen molar-refractivity contribution in [3.05, 3.63) is 33.8 Å². The van der Waals surface area contributed by atoms with Crippen LogP contribution in [0.2, 0.25) is 5.02 Å². The Labute approximate surface area is 117 Å². The molecule has 1 aliphatic heterocycles. The van der Waals surface area contributed by atoms with Gasteiger partial charge in [-0.15, -0.1) is 0 Å². The summed E-state index contributed by atoms with van der Waals surface area (Å²) in [5.74, 6) is -3.08. The van der Waals surface area contributed by atoms with E-state index in [0.29, 0.717) is 10.6 Å². The van der Waals surface area contributed by atoms with Crippen LogP contribution in [0.3, 0.4) is 0 Å². The maximum absolute atomic E-state index is 12.7. The highest BCUT2D eigenvalue weighted by atomic mass is 35.5. The van der Waals surface area contributed by atoms with Gasteiger partial charge in [0.25, 0.3) is 11.8 Å². The topological polar surface area (TPSA) is 20.3 Å². The monoisotopic (exact) mass is 289 g/mol. The number of alkyl halides is 2. The van der Waals surface area contributed by atoms with Gasteiger partial charge in [-0.2, -0.15) is 0 Å². The molecule has 0 radical (unpaired) electrons. The summed E-state index contributed by atoms with van der Waals surface area (Å²) in [5.41, 5.74) is 1.91. The second-order valence-electron chi connectivity index (χ2n) is 4.43. The minimum absolute atomic E-state index is 0.345. The van der Waals surface area contributed by atoms with Gasteiger partial charge in [0.1, 0.15) is 0 Å². The Morgan fingerprint density at radius 2 is 1.63 bits per heavy atom. The fourth-order valence-corrected chi connectivity index (χ4v) is 2.39. The van der Waals surface area contributed by atoms with Crippen LogP contribution in [-0.2, 0) is 0 Å². The molecule has 0 saturated carbocycles. The van der Waals surface area contributed by atoms with E-state index >= 15 is 0 Å². The molecule has 0 N–H and O–H groups in total. The van der Waals surface area contributed by atoms with Gasteiger partial charge in [0.15, 0.2) is 0 Å². The zero-order valence-corrected chi connectivity index (χ0v) is 12.3. The number of nitrogens with zero attached hydrogens (tertiary/aromatic N) is 1. The van der Waals surface area contributed by atoms with Gasteiger partial charge >= 0.3 is 0 Å². The van der Waals surface area contributed by atoms with E-state index < -0.39 is 19.0 Å². The van der Waals surface area contributed by atoms with Gasteiger partial charge in [-0.25, -0.2) is 8.78 Å². The summed E-state index contributed by atoms with van der Waals surface area (Å²) in [6, 6.07) is 3.33. The van der Waals surface area contributed by atoms with Crippen LogP contribution in [0.5, 0.6) is 0 Å². The first-order valence-electron chi connectivity index (χ1n) is 6.24. The van der Waals surface area contributed by atoms with E-state index in [0.717, 1.165) is 16.0 Å². The number of likely N-dealkylation sites (tertiary alicyclic amines) is 1. The minimum atomic E-state index is -2.73. The molecule has 106 valence electrons. The molecular formula is C14H18ClF2NO. The van der Waals surface area contributed by atoms with Crippen LogP contribution in [-0.4, -0.2) is 29.8 Å². The molecule has 1 aromatic rings. The van der Waals surface area contributed by atoms with Gasteiger partial charge in [-0.3, -0.25) is 4.79 Å². The Morgan fingerprint density at radius 3 is 2.00 bits per heavy atom. The summed E-state index contributed by atoms with van der Waals surface area (Å²) in [4.78, 5) is 13.2. The van der Waals surface area contributed by atoms with Crippen LogP contribution in [0, 0.1) is 13.8 Å². The maximum Gasteiger partial charge on any atom is 0.282 e. The second kappa shape index (κ2) is 5.87. The van der Waals surface area contributed by atoms with E-state index in [9.17, 15) is 13.6 Å². The molecule has 0 aromatic heterocycles. The summed E-state index contributed by atoms with van der Waals surface area (Å²) < 4.78 is 25.4. The third-order valence-electron chi connectivity index (χ3n) is 2.84. The predicted molar refractivity (Wildman–Crippen MR) is 73.1 cm³/mol. The molecule has 1 saturated heterocycles. The number of amides is 1. The lowest BCUT2D eigenvalue weighted by atomic mass is 9.99. The van der Waals surface area contributed by atoms with Crippen LogP contribution in [0.4, 0.5) is 8.78 Å². The lowest BCUT2D eigenvalue weighted by molar-refractivity contribution is -0.113. The minimum Gasteiger partial charge on any atom is -0.326 e. The predicted octanol–water partition coefficient (Wildman–Crippen LogP) is 4.07. The van der Waals surface area contributed by atoms with Gasteiger partial charge < -0.3 is 4.90 Å². The van der Waals surface area contributed by atoms with Gasteiger partial charge in [0.05, 0.1) is 13.1 Å². The molecule has 1 heterocycles. The van der Waals surface area contributed by atoms with Crippen molar-refractivity contribution in [3.63, 3.8) is 0 Å². The molecule has 19 heavy (non-hydrogen) atoms. The number of carbonyl (C=O) groups is 1. The van der Waals surface area contributed by atoms with E-state index in [4.69, 9.17) is 11.6 Å². The average molecular weight is 290 g/mol. The van der Waals surface area contributed by atoms with Crippen molar-refractivity contribution in [1.82, 2.24) is 4.90 Å². The second-order valence-corrected chi connectivity index (χ2v) is 4.87. The Morgan fingerprint density at radius 1 is 1.21 bits per heavy atom. The SMILES string of the molecule is CC.Cc1cc(Cl)cc(C)c1C(=O)N1CC(F)(F)C1.